The van der Waals surface area contributed by atoms with Gasteiger partial charge in [0.1, 0.15) is 0 Å². The van der Waals surface area contributed by atoms with Crippen molar-refractivity contribution in [2.75, 3.05) is 19.6 Å². The Morgan fingerprint density at radius 2 is 1.86 bits per heavy atom. The summed E-state index contributed by atoms with van der Waals surface area (Å²) >= 11 is 0. The second-order valence-corrected chi connectivity index (χ2v) is 3.99. The first-order chi connectivity index (χ1) is 6.88. The summed E-state index contributed by atoms with van der Waals surface area (Å²) in [6.07, 6.45) is 8.34. The first-order valence-corrected chi connectivity index (χ1v) is 5.85. The largest absolute Gasteiger partial charge is 0.278 e. The van der Waals surface area contributed by atoms with Crippen molar-refractivity contribution in [2.24, 2.45) is 0 Å². The molecule has 82 valence electrons. The van der Waals surface area contributed by atoms with E-state index in [2.05, 4.69) is 11.9 Å². The molecule has 1 heterocycles. The Morgan fingerprint density at radius 1 is 1.21 bits per heavy atom. The van der Waals surface area contributed by atoms with E-state index in [1.54, 1.807) is 0 Å². The summed E-state index contributed by atoms with van der Waals surface area (Å²) in [6, 6.07) is 0. The van der Waals surface area contributed by atoms with Crippen LogP contribution in [0.1, 0.15) is 45.4 Å². The zero-order valence-corrected chi connectivity index (χ0v) is 9.24. The van der Waals surface area contributed by atoms with Crippen LogP contribution in [0.2, 0.25) is 0 Å². The van der Waals surface area contributed by atoms with Gasteiger partial charge < -0.3 is 0 Å². The molecule has 0 spiro atoms. The van der Waals surface area contributed by atoms with E-state index in [0.29, 0.717) is 0 Å². The lowest BCUT2D eigenvalue weighted by Gasteiger charge is -2.30. The van der Waals surface area contributed by atoms with Crippen LogP contribution in [-0.2, 0) is 4.79 Å². The summed E-state index contributed by atoms with van der Waals surface area (Å²) in [6.45, 7) is 5.16. The lowest BCUT2D eigenvalue weighted by atomic mass is 10.2. The standard InChI is InChI=1S/C11H22N2O/c1-2-3-8-13(11-14)12-9-6-4-5-7-10-12/h11H,2-10H2,1H3. The third kappa shape index (κ3) is 3.66. The first kappa shape index (κ1) is 11.5. The van der Waals surface area contributed by atoms with E-state index in [9.17, 15) is 4.79 Å². The van der Waals surface area contributed by atoms with Crippen LogP contribution in [0.15, 0.2) is 0 Å². The Bertz CT molecular complexity index is 153. The third-order valence-electron chi connectivity index (χ3n) is 2.81. The highest BCUT2D eigenvalue weighted by Crippen LogP contribution is 2.11. The van der Waals surface area contributed by atoms with E-state index in [1.807, 2.05) is 5.01 Å². The highest BCUT2D eigenvalue weighted by Gasteiger charge is 2.14. The number of hydrogen-bond donors (Lipinski definition) is 0. The van der Waals surface area contributed by atoms with E-state index >= 15 is 0 Å². The highest BCUT2D eigenvalue weighted by molar-refractivity contribution is 5.46. The minimum absolute atomic E-state index is 0.889. The second-order valence-electron chi connectivity index (χ2n) is 3.99. The van der Waals surface area contributed by atoms with Crippen molar-refractivity contribution in [3.63, 3.8) is 0 Å². The number of amides is 1. The molecule has 14 heavy (non-hydrogen) atoms. The molecule has 1 aliphatic heterocycles. The first-order valence-electron chi connectivity index (χ1n) is 5.85. The lowest BCUT2D eigenvalue weighted by molar-refractivity contribution is -0.134. The molecule has 3 heteroatoms. The molecule has 1 saturated heterocycles. The maximum absolute atomic E-state index is 10.9. The van der Waals surface area contributed by atoms with E-state index in [4.69, 9.17) is 0 Å². The van der Waals surface area contributed by atoms with Gasteiger partial charge in [0.05, 0.1) is 0 Å². The zero-order valence-electron chi connectivity index (χ0n) is 9.24. The average molecular weight is 198 g/mol. The van der Waals surface area contributed by atoms with Gasteiger partial charge in [0.15, 0.2) is 0 Å². The van der Waals surface area contributed by atoms with Crippen molar-refractivity contribution in [2.45, 2.75) is 45.4 Å². The minimum atomic E-state index is 0.889. The fourth-order valence-corrected chi connectivity index (χ4v) is 1.89. The molecule has 0 N–H and O–H groups in total. The zero-order chi connectivity index (χ0) is 10.2. The van der Waals surface area contributed by atoms with Gasteiger partial charge in [0, 0.05) is 19.6 Å². The summed E-state index contributed by atoms with van der Waals surface area (Å²) < 4.78 is 0. The monoisotopic (exact) mass is 198 g/mol. The van der Waals surface area contributed by atoms with Gasteiger partial charge in [-0.15, -0.1) is 0 Å². The molecule has 1 amide bonds. The number of hydrazine groups is 1. The van der Waals surface area contributed by atoms with Gasteiger partial charge in [0.25, 0.3) is 0 Å². The molecule has 1 aliphatic rings. The molecule has 0 radical (unpaired) electrons. The number of carbonyl (C=O) groups excluding carboxylic acids is 1. The van der Waals surface area contributed by atoms with E-state index in [0.717, 1.165) is 38.9 Å². The highest BCUT2D eigenvalue weighted by atomic mass is 16.1. The fourth-order valence-electron chi connectivity index (χ4n) is 1.89. The molecule has 1 rings (SSSR count). The van der Waals surface area contributed by atoms with Crippen molar-refractivity contribution in [3.8, 4) is 0 Å². The van der Waals surface area contributed by atoms with Crippen LogP contribution in [0.3, 0.4) is 0 Å². The number of nitrogens with zero attached hydrogens (tertiary/aromatic N) is 2. The van der Waals surface area contributed by atoms with Gasteiger partial charge in [-0.1, -0.05) is 26.2 Å². The van der Waals surface area contributed by atoms with Gasteiger partial charge in [-0.05, 0) is 19.3 Å². The van der Waals surface area contributed by atoms with Crippen LogP contribution in [0.25, 0.3) is 0 Å². The van der Waals surface area contributed by atoms with Gasteiger partial charge in [-0.25, -0.2) is 5.01 Å². The van der Waals surface area contributed by atoms with E-state index in [-0.39, 0.29) is 0 Å². The SMILES string of the molecule is CCCCN(C=O)N1CCCCCC1. The molecule has 3 nitrogen and oxygen atoms in total. The predicted octanol–water partition coefficient (Wildman–Crippen LogP) is 2.04. The molecule has 0 aromatic carbocycles. The second kappa shape index (κ2) is 6.82. The topological polar surface area (TPSA) is 23.6 Å². The van der Waals surface area contributed by atoms with Crippen LogP contribution in [-0.4, -0.2) is 36.1 Å². The Kier molecular flexibility index (Phi) is 5.60. The summed E-state index contributed by atoms with van der Waals surface area (Å²) in [7, 11) is 0. The van der Waals surface area contributed by atoms with Crippen molar-refractivity contribution in [3.05, 3.63) is 0 Å². The summed E-state index contributed by atoms with van der Waals surface area (Å²) in [5, 5.41) is 4.09. The molecule has 0 aromatic heterocycles. The van der Waals surface area contributed by atoms with Crippen LogP contribution in [0, 0.1) is 0 Å². The maximum atomic E-state index is 10.9. The molecule has 0 aliphatic carbocycles. The maximum Gasteiger partial charge on any atom is 0.224 e. The van der Waals surface area contributed by atoms with Crippen LogP contribution in [0.5, 0.6) is 0 Å². The fraction of sp³-hybridized carbons (Fsp3) is 0.909. The molecule has 0 saturated carbocycles. The third-order valence-corrected chi connectivity index (χ3v) is 2.81. The molecule has 0 atom stereocenters. The van der Waals surface area contributed by atoms with Crippen molar-refractivity contribution < 1.29 is 4.79 Å². The van der Waals surface area contributed by atoms with Gasteiger partial charge >= 0.3 is 0 Å². The van der Waals surface area contributed by atoms with Crippen LogP contribution < -0.4 is 0 Å². The van der Waals surface area contributed by atoms with E-state index in [1.165, 1.54) is 25.7 Å². The predicted molar refractivity (Wildman–Crippen MR) is 57.7 cm³/mol. The van der Waals surface area contributed by atoms with Gasteiger partial charge in [0.2, 0.25) is 6.41 Å². The average Bonchev–Trinajstić information content (AvgIpc) is 2.48. The molecular formula is C11H22N2O. The minimum Gasteiger partial charge on any atom is -0.278 e. The lowest BCUT2D eigenvalue weighted by Crippen LogP contribution is -2.42. The summed E-state index contributed by atoms with van der Waals surface area (Å²) in [5.41, 5.74) is 0. The molecule has 0 bridgehead atoms. The summed E-state index contributed by atoms with van der Waals surface area (Å²) in [5.74, 6) is 0. The van der Waals surface area contributed by atoms with Gasteiger partial charge in [-0.3, -0.25) is 9.80 Å². The number of rotatable bonds is 5. The Morgan fingerprint density at radius 3 is 2.36 bits per heavy atom. The number of hydrogen-bond acceptors (Lipinski definition) is 2. The van der Waals surface area contributed by atoms with Crippen molar-refractivity contribution >= 4 is 6.41 Å². The quantitative estimate of drug-likeness (QED) is 0.631. The normalized spacial score (nSPS) is 18.9. The Labute approximate surface area is 87.0 Å². The molecule has 1 fully saturated rings. The molecule has 0 unspecified atom stereocenters. The van der Waals surface area contributed by atoms with E-state index < -0.39 is 0 Å². The van der Waals surface area contributed by atoms with Crippen molar-refractivity contribution in [1.82, 2.24) is 10.0 Å². The molecular weight excluding hydrogens is 176 g/mol. The summed E-state index contributed by atoms with van der Waals surface area (Å²) in [4.78, 5) is 10.9. The van der Waals surface area contributed by atoms with Crippen LogP contribution >= 0.6 is 0 Å². The molecule has 0 aromatic rings. The van der Waals surface area contributed by atoms with Gasteiger partial charge in [-0.2, -0.15) is 0 Å². The van der Waals surface area contributed by atoms with Crippen LogP contribution in [0.4, 0.5) is 0 Å². The smallest absolute Gasteiger partial charge is 0.224 e. The Balaban J connectivity index is 2.36. The number of carbonyl (C=O) groups is 1. The Hall–Kier alpha value is -0.570. The number of unbranched alkanes of at least 4 members (excludes halogenated alkanes) is 1. The van der Waals surface area contributed by atoms with Crippen molar-refractivity contribution in [1.29, 1.82) is 0 Å².